The highest BCUT2D eigenvalue weighted by atomic mass is 32.1. The van der Waals surface area contributed by atoms with Crippen LogP contribution in [0.3, 0.4) is 0 Å². The highest BCUT2D eigenvalue weighted by molar-refractivity contribution is 7.17. The number of hydrogen-bond acceptors (Lipinski definition) is 5. The van der Waals surface area contributed by atoms with Gasteiger partial charge in [-0.25, -0.2) is 4.98 Å². The van der Waals surface area contributed by atoms with Gasteiger partial charge in [-0.2, -0.15) is 0 Å². The zero-order chi connectivity index (χ0) is 19.6. The predicted molar refractivity (Wildman–Crippen MR) is 117 cm³/mol. The third-order valence-corrected chi connectivity index (χ3v) is 5.61. The lowest BCUT2D eigenvalue weighted by molar-refractivity contribution is -0.110. The van der Waals surface area contributed by atoms with Crippen molar-refractivity contribution in [2.45, 2.75) is 6.61 Å². The second-order valence-corrected chi connectivity index (χ2v) is 7.50. The molecule has 6 heteroatoms. The van der Waals surface area contributed by atoms with Gasteiger partial charge in [-0.1, -0.05) is 30.3 Å². The lowest BCUT2D eigenvalue weighted by atomic mass is 10.1. The molecule has 3 aromatic carbocycles. The van der Waals surface area contributed by atoms with Crippen LogP contribution in [-0.4, -0.2) is 10.9 Å². The number of ether oxygens (including phenoxy) is 1. The minimum atomic E-state index is -0.115. The van der Waals surface area contributed by atoms with Crippen molar-refractivity contribution in [2.75, 3.05) is 10.6 Å². The summed E-state index contributed by atoms with van der Waals surface area (Å²) in [4.78, 5) is 16.8. The number of nitrogens with zero attached hydrogens (tertiary/aromatic N) is 1. The van der Waals surface area contributed by atoms with Gasteiger partial charge in [-0.15, -0.1) is 11.3 Å². The molecule has 4 aromatic rings. The topological polar surface area (TPSA) is 63.2 Å². The number of anilines is 2. The van der Waals surface area contributed by atoms with E-state index < -0.39 is 0 Å². The van der Waals surface area contributed by atoms with Gasteiger partial charge in [0.1, 0.15) is 12.4 Å². The Labute approximate surface area is 171 Å². The Morgan fingerprint density at radius 1 is 1.03 bits per heavy atom. The molecule has 0 fully saturated rings. The third-order valence-electron chi connectivity index (χ3n) is 4.75. The molecule has 5 nitrogen and oxygen atoms in total. The van der Waals surface area contributed by atoms with Gasteiger partial charge in [0.2, 0.25) is 0 Å². The van der Waals surface area contributed by atoms with E-state index in [1.165, 1.54) is 11.3 Å². The fourth-order valence-corrected chi connectivity index (χ4v) is 4.14. The fourth-order valence-electron chi connectivity index (χ4n) is 3.28. The molecule has 1 amide bonds. The number of carbonyl (C=O) groups is 1. The quantitative estimate of drug-likeness (QED) is 0.448. The van der Waals surface area contributed by atoms with E-state index in [9.17, 15) is 4.79 Å². The summed E-state index contributed by atoms with van der Waals surface area (Å²) in [6.45, 7) is 0.527. The normalized spacial score (nSPS) is 14.1. The SMILES string of the molecule is O=C1Nc2ccc3ncsc3c2/C1=C\Nc1ccc(OCc2ccccc2)cc1. The van der Waals surface area contributed by atoms with Crippen LogP contribution in [-0.2, 0) is 11.4 Å². The van der Waals surface area contributed by atoms with E-state index in [4.69, 9.17) is 4.74 Å². The fraction of sp³-hybridized carbons (Fsp3) is 0.0435. The largest absolute Gasteiger partial charge is 0.489 e. The summed E-state index contributed by atoms with van der Waals surface area (Å²) < 4.78 is 6.83. The summed E-state index contributed by atoms with van der Waals surface area (Å²) in [6, 6.07) is 21.6. The summed E-state index contributed by atoms with van der Waals surface area (Å²) in [7, 11) is 0. The van der Waals surface area contributed by atoms with Crippen LogP contribution in [0.4, 0.5) is 11.4 Å². The molecule has 0 radical (unpaired) electrons. The number of carbonyl (C=O) groups excluding carboxylic acids is 1. The number of thiazole rings is 1. The van der Waals surface area contributed by atoms with Crippen molar-refractivity contribution >= 4 is 44.4 Å². The van der Waals surface area contributed by atoms with Crippen LogP contribution in [0.1, 0.15) is 11.1 Å². The Hall–Kier alpha value is -3.64. The summed E-state index contributed by atoms with van der Waals surface area (Å²) in [5.74, 6) is 0.679. The molecule has 1 aliphatic rings. The lowest BCUT2D eigenvalue weighted by Gasteiger charge is -2.08. The van der Waals surface area contributed by atoms with Gasteiger partial charge in [0.05, 0.1) is 27.0 Å². The minimum Gasteiger partial charge on any atom is -0.489 e. The Balaban J connectivity index is 1.32. The molecule has 5 rings (SSSR count). The van der Waals surface area contributed by atoms with Gasteiger partial charge >= 0.3 is 0 Å². The highest BCUT2D eigenvalue weighted by Gasteiger charge is 2.27. The smallest absolute Gasteiger partial charge is 0.257 e. The number of benzene rings is 3. The van der Waals surface area contributed by atoms with Crippen molar-refractivity contribution in [3.8, 4) is 5.75 Å². The minimum absolute atomic E-state index is 0.115. The summed E-state index contributed by atoms with van der Waals surface area (Å²) in [6.07, 6.45) is 1.75. The number of rotatable bonds is 5. The molecule has 0 saturated carbocycles. The number of aromatic nitrogens is 1. The monoisotopic (exact) mass is 399 g/mol. The van der Waals surface area contributed by atoms with Crippen LogP contribution in [0.15, 0.2) is 78.4 Å². The van der Waals surface area contributed by atoms with E-state index >= 15 is 0 Å². The standard InChI is InChI=1S/C23H17N3O2S/c27-23-18(21-19(26-23)10-11-20-22(21)29-14-25-20)12-24-16-6-8-17(9-7-16)28-13-15-4-2-1-3-5-15/h1-12,14,24H,13H2,(H,26,27)/b18-12+. The lowest BCUT2D eigenvalue weighted by Crippen LogP contribution is -2.05. The van der Waals surface area contributed by atoms with Crippen molar-refractivity contribution in [2.24, 2.45) is 0 Å². The second kappa shape index (κ2) is 7.41. The van der Waals surface area contributed by atoms with Crippen molar-refractivity contribution in [1.82, 2.24) is 4.98 Å². The van der Waals surface area contributed by atoms with E-state index in [1.54, 1.807) is 11.7 Å². The number of nitrogens with one attached hydrogen (secondary N) is 2. The van der Waals surface area contributed by atoms with E-state index in [2.05, 4.69) is 15.6 Å². The molecule has 0 bridgehead atoms. The van der Waals surface area contributed by atoms with E-state index in [0.717, 1.165) is 38.5 Å². The second-order valence-electron chi connectivity index (χ2n) is 6.64. The highest BCUT2D eigenvalue weighted by Crippen LogP contribution is 2.39. The average Bonchev–Trinajstić information content (AvgIpc) is 3.35. The zero-order valence-corrected chi connectivity index (χ0v) is 16.2. The van der Waals surface area contributed by atoms with Crippen molar-refractivity contribution in [3.63, 3.8) is 0 Å². The van der Waals surface area contributed by atoms with Gasteiger partial charge in [-0.3, -0.25) is 4.79 Å². The molecule has 0 aliphatic carbocycles. The first-order valence-electron chi connectivity index (χ1n) is 9.19. The molecular formula is C23H17N3O2S. The predicted octanol–water partition coefficient (Wildman–Crippen LogP) is 5.28. The maximum absolute atomic E-state index is 12.4. The molecule has 0 unspecified atom stereocenters. The Morgan fingerprint density at radius 3 is 2.69 bits per heavy atom. The van der Waals surface area contributed by atoms with Crippen LogP contribution >= 0.6 is 11.3 Å². The summed E-state index contributed by atoms with van der Waals surface area (Å²) in [5, 5.41) is 6.14. The first-order chi connectivity index (χ1) is 14.3. The zero-order valence-electron chi connectivity index (χ0n) is 15.4. The van der Waals surface area contributed by atoms with Gasteiger partial charge in [0.25, 0.3) is 5.91 Å². The molecule has 2 heterocycles. The first-order valence-corrected chi connectivity index (χ1v) is 10.1. The molecule has 142 valence electrons. The van der Waals surface area contributed by atoms with Crippen LogP contribution in [0.25, 0.3) is 15.8 Å². The molecule has 29 heavy (non-hydrogen) atoms. The maximum Gasteiger partial charge on any atom is 0.257 e. The average molecular weight is 399 g/mol. The molecule has 2 N–H and O–H groups in total. The van der Waals surface area contributed by atoms with Crippen LogP contribution in [0, 0.1) is 0 Å². The molecule has 1 aliphatic heterocycles. The van der Waals surface area contributed by atoms with Gasteiger partial charge in [0.15, 0.2) is 0 Å². The van der Waals surface area contributed by atoms with Crippen LogP contribution < -0.4 is 15.4 Å². The van der Waals surface area contributed by atoms with Gasteiger partial charge in [0, 0.05) is 17.5 Å². The third kappa shape index (κ3) is 3.46. The number of hydrogen-bond donors (Lipinski definition) is 2. The molecule has 0 saturated heterocycles. The van der Waals surface area contributed by atoms with E-state index in [1.807, 2.05) is 66.7 Å². The van der Waals surface area contributed by atoms with Crippen molar-refractivity contribution in [1.29, 1.82) is 0 Å². The molecule has 1 aromatic heterocycles. The summed E-state index contributed by atoms with van der Waals surface area (Å²) in [5.41, 5.74) is 7.04. The Kier molecular flexibility index (Phi) is 4.46. The Bertz CT molecular complexity index is 1210. The molecule has 0 spiro atoms. The maximum atomic E-state index is 12.4. The summed E-state index contributed by atoms with van der Waals surface area (Å²) >= 11 is 1.54. The van der Waals surface area contributed by atoms with Gasteiger partial charge < -0.3 is 15.4 Å². The number of amides is 1. The molecule has 0 atom stereocenters. The van der Waals surface area contributed by atoms with Crippen LogP contribution in [0.5, 0.6) is 5.75 Å². The van der Waals surface area contributed by atoms with E-state index in [0.29, 0.717) is 12.2 Å². The van der Waals surface area contributed by atoms with Gasteiger partial charge in [-0.05, 0) is 42.0 Å². The number of fused-ring (bicyclic) bond motifs is 3. The van der Waals surface area contributed by atoms with Crippen molar-refractivity contribution in [3.05, 3.63) is 89.6 Å². The van der Waals surface area contributed by atoms with E-state index in [-0.39, 0.29) is 5.91 Å². The Morgan fingerprint density at radius 2 is 1.86 bits per heavy atom. The van der Waals surface area contributed by atoms with Crippen molar-refractivity contribution < 1.29 is 9.53 Å². The van der Waals surface area contributed by atoms with Crippen LogP contribution in [0.2, 0.25) is 0 Å². The first kappa shape index (κ1) is 17.5. The molecular weight excluding hydrogens is 382 g/mol.